The van der Waals surface area contributed by atoms with Crippen LogP contribution in [0.25, 0.3) is 21.5 Å². The molecule has 0 aromatic heterocycles. The number of anilines is 1. The normalized spacial score (nSPS) is 12.5. The predicted molar refractivity (Wildman–Crippen MR) is 169 cm³/mol. The van der Waals surface area contributed by atoms with Crippen molar-refractivity contribution in [2.45, 2.75) is 88.9 Å². The maximum absolute atomic E-state index is 13.7. The number of fused-ring (bicyclic) bond motifs is 2. The number of nitrogens with zero attached hydrogens (tertiary/aromatic N) is 3. The van der Waals surface area contributed by atoms with E-state index in [1.54, 1.807) is 0 Å². The molecule has 232 valence electrons. The smallest absolute Gasteiger partial charge is 0.243 e. The SMILES string of the molecule is CCCCN(CCCC)S(=O)(=O)c1ccc2c(NO)c3cc(S(=O)(=O)N(CCCC)CCCC)ccc3c(N=O)c2c1. The minimum absolute atomic E-state index is 0.0250. The third kappa shape index (κ3) is 7.11. The molecular formula is C30H44N4O6S2. The first-order valence-electron chi connectivity index (χ1n) is 14.9. The van der Waals surface area contributed by atoms with Crippen LogP contribution >= 0.6 is 0 Å². The minimum atomic E-state index is -3.86. The quantitative estimate of drug-likeness (QED) is 0.0860. The molecule has 0 aliphatic rings. The highest BCUT2D eigenvalue weighted by Crippen LogP contribution is 2.43. The number of sulfonamides is 2. The zero-order valence-corrected chi connectivity index (χ0v) is 26.7. The topological polar surface area (TPSA) is 136 Å². The number of benzene rings is 3. The average Bonchev–Trinajstić information content (AvgIpc) is 2.99. The molecule has 0 aliphatic carbocycles. The van der Waals surface area contributed by atoms with Crippen LogP contribution < -0.4 is 5.48 Å². The fourth-order valence-electron chi connectivity index (χ4n) is 5.04. The lowest BCUT2D eigenvalue weighted by Crippen LogP contribution is -2.33. The summed E-state index contributed by atoms with van der Waals surface area (Å²) in [5, 5.41) is 14.6. The van der Waals surface area contributed by atoms with Crippen LogP contribution in [0.15, 0.2) is 51.4 Å². The van der Waals surface area contributed by atoms with Crippen molar-refractivity contribution in [1.29, 1.82) is 0 Å². The Kier molecular flexibility index (Phi) is 12.2. The molecule has 0 radical (unpaired) electrons. The fraction of sp³-hybridized carbons (Fsp3) is 0.533. The van der Waals surface area contributed by atoms with Crippen LogP contribution in [0.2, 0.25) is 0 Å². The lowest BCUT2D eigenvalue weighted by atomic mass is 9.99. The van der Waals surface area contributed by atoms with Crippen LogP contribution in [0.3, 0.4) is 0 Å². The zero-order chi connectivity index (χ0) is 30.9. The number of hydrogen-bond acceptors (Lipinski definition) is 8. The average molecular weight is 621 g/mol. The molecule has 3 aromatic rings. The van der Waals surface area contributed by atoms with E-state index in [1.807, 2.05) is 27.7 Å². The Morgan fingerprint density at radius 1 is 0.643 bits per heavy atom. The molecule has 0 atom stereocenters. The first-order chi connectivity index (χ1) is 20.1. The third-order valence-corrected chi connectivity index (χ3v) is 11.3. The van der Waals surface area contributed by atoms with E-state index in [4.69, 9.17) is 0 Å². The number of nitrogens with one attached hydrogen (secondary N) is 1. The molecule has 3 aromatic carbocycles. The van der Waals surface area contributed by atoms with Gasteiger partial charge in [0.15, 0.2) is 0 Å². The largest absolute Gasteiger partial charge is 0.291 e. The molecule has 0 unspecified atom stereocenters. The monoisotopic (exact) mass is 620 g/mol. The summed E-state index contributed by atoms with van der Waals surface area (Å²) < 4.78 is 57.6. The summed E-state index contributed by atoms with van der Waals surface area (Å²) in [6.07, 6.45) is 6.29. The maximum Gasteiger partial charge on any atom is 0.243 e. The second-order valence-electron chi connectivity index (χ2n) is 10.6. The van der Waals surface area contributed by atoms with Crippen molar-refractivity contribution in [2.75, 3.05) is 31.7 Å². The van der Waals surface area contributed by atoms with E-state index in [0.717, 1.165) is 51.4 Å². The molecule has 0 saturated heterocycles. The second kappa shape index (κ2) is 15.2. The first kappa shape index (κ1) is 33.9. The number of nitroso groups, excluding NO2 is 1. The number of hydrogen-bond donors (Lipinski definition) is 2. The molecular weight excluding hydrogens is 576 g/mol. The third-order valence-electron chi connectivity index (χ3n) is 7.55. The maximum atomic E-state index is 13.7. The van der Waals surface area contributed by atoms with Crippen molar-refractivity contribution >= 4 is 53.0 Å². The molecule has 2 N–H and O–H groups in total. The number of unbranched alkanes of at least 4 members (excludes halogenated alkanes) is 4. The highest BCUT2D eigenvalue weighted by molar-refractivity contribution is 7.89. The fourth-order valence-corrected chi connectivity index (χ4v) is 8.13. The predicted octanol–water partition coefficient (Wildman–Crippen LogP) is 7.37. The standard InChI is InChI=1S/C30H44N4O6S2/c1-5-9-17-33(18-10-6-2)41(37,38)23-13-15-25-27(21-23)29(31-35)26-16-14-24(22-28(26)30(25)32-36)42(39,40)34(19-11-7-3)20-12-8-4/h13-16,21-22,31,35H,5-12,17-20H2,1-4H3. The Hall–Kier alpha value is -2.64. The van der Waals surface area contributed by atoms with E-state index in [1.165, 1.54) is 45.0 Å². The van der Waals surface area contributed by atoms with Gasteiger partial charge in [0.1, 0.15) is 5.69 Å². The van der Waals surface area contributed by atoms with Gasteiger partial charge in [0.25, 0.3) is 0 Å². The molecule has 10 nitrogen and oxygen atoms in total. The van der Waals surface area contributed by atoms with Gasteiger partial charge >= 0.3 is 0 Å². The summed E-state index contributed by atoms with van der Waals surface area (Å²) >= 11 is 0. The second-order valence-corrected chi connectivity index (χ2v) is 14.4. The minimum Gasteiger partial charge on any atom is -0.291 e. The van der Waals surface area contributed by atoms with Crippen molar-refractivity contribution in [2.24, 2.45) is 5.18 Å². The van der Waals surface area contributed by atoms with Gasteiger partial charge in [-0.05, 0) is 55.1 Å². The van der Waals surface area contributed by atoms with Crippen molar-refractivity contribution in [1.82, 2.24) is 8.61 Å². The highest BCUT2D eigenvalue weighted by Gasteiger charge is 2.27. The molecule has 0 amide bonds. The van der Waals surface area contributed by atoms with E-state index in [2.05, 4.69) is 10.7 Å². The molecule has 12 heteroatoms. The van der Waals surface area contributed by atoms with Crippen LogP contribution in [-0.2, 0) is 20.0 Å². The molecule has 0 bridgehead atoms. The van der Waals surface area contributed by atoms with E-state index in [-0.39, 0.29) is 31.9 Å². The summed E-state index contributed by atoms with van der Waals surface area (Å²) in [6.45, 7) is 9.58. The van der Waals surface area contributed by atoms with Gasteiger partial charge in [-0.2, -0.15) is 8.61 Å². The molecule has 42 heavy (non-hydrogen) atoms. The van der Waals surface area contributed by atoms with Crippen LogP contribution in [0.4, 0.5) is 11.4 Å². The van der Waals surface area contributed by atoms with Gasteiger partial charge in [0.2, 0.25) is 20.0 Å². The zero-order valence-electron chi connectivity index (χ0n) is 25.1. The molecule has 0 heterocycles. The number of rotatable bonds is 18. The lowest BCUT2D eigenvalue weighted by molar-refractivity contribution is 0.390. The highest BCUT2D eigenvalue weighted by atomic mass is 32.2. The van der Waals surface area contributed by atoms with E-state index in [0.29, 0.717) is 37.0 Å². The van der Waals surface area contributed by atoms with Crippen LogP contribution in [0.1, 0.15) is 79.1 Å². The van der Waals surface area contributed by atoms with Gasteiger partial charge in [-0.25, -0.2) is 16.8 Å². The van der Waals surface area contributed by atoms with Gasteiger partial charge in [-0.15, -0.1) is 4.91 Å². The Morgan fingerprint density at radius 3 is 1.43 bits per heavy atom. The van der Waals surface area contributed by atoms with Gasteiger partial charge in [0, 0.05) is 47.7 Å². The Labute approximate surface area is 250 Å². The van der Waals surface area contributed by atoms with Gasteiger partial charge < -0.3 is 0 Å². The van der Waals surface area contributed by atoms with Gasteiger partial charge in [-0.1, -0.05) is 65.5 Å². The van der Waals surface area contributed by atoms with E-state index >= 15 is 0 Å². The molecule has 0 saturated carbocycles. The molecule has 3 rings (SSSR count). The Balaban J connectivity index is 2.22. The van der Waals surface area contributed by atoms with Crippen molar-refractivity contribution in [3.63, 3.8) is 0 Å². The van der Waals surface area contributed by atoms with Gasteiger partial charge in [0.05, 0.1) is 15.5 Å². The van der Waals surface area contributed by atoms with Crippen molar-refractivity contribution in [3.8, 4) is 0 Å². The Morgan fingerprint density at radius 2 is 1.05 bits per heavy atom. The molecule has 0 aliphatic heterocycles. The first-order valence-corrected chi connectivity index (χ1v) is 17.8. The van der Waals surface area contributed by atoms with Crippen molar-refractivity contribution < 1.29 is 22.0 Å². The van der Waals surface area contributed by atoms with Crippen molar-refractivity contribution in [3.05, 3.63) is 41.3 Å². The van der Waals surface area contributed by atoms with Crippen LogP contribution in [0.5, 0.6) is 0 Å². The van der Waals surface area contributed by atoms with Crippen LogP contribution in [-0.4, -0.2) is 56.8 Å². The van der Waals surface area contributed by atoms with Crippen LogP contribution in [0, 0.1) is 4.91 Å². The Bertz CT molecular complexity index is 1580. The van der Waals surface area contributed by atoms with Gasteiger partial charge in [-0.3, -0.25) is 10.7 Å². The lowest BCUT2D eigenvalue weighted by Gasteiger charge is -2.23. The summed E-state index contributed by atoms with van der Waals surface area (Å²) in [4.78, 5) is 12.3. The summed E-state index contributed by atoms with van der Waals surface area (Å²) in [6, 6.07) is 8.73. The molecule has 0 fully saturated rings. The summed E-state index contributed by atoms with van der Waals surface area (Å²) in [7, 11) is -7.72. The van der Waals surface area contributed by atoms with E-state index in [9.17, 15) is 26.9 Å². The summed E-state index contributed by atoms with van der Waals surface area (Å²) in [5.41, 5.74) is 2.30. The van der Waals surface area contributed by atoms with E-state index < -0.39 is 20.0 Å². The summed E-state index contributed by atoms with van der Waals surface area (Å²) in [5.74, 6) is 0. The molecule has 0 spiro atoms.